The highest BCUT2D eigenvalue weighted by Crippen LogP contribution is 2.17. The van der Waals surface area contributed by atoms with Gasteiger partial charge < -0.3 is 25.3 Å². The predicted octanol–water partition coefficient (Wildman–Crippen LogP) is 0.592. The molecule has 0 aliphatic rings. The molecular formula is C16H27NO9. The summed E-state index contributed by atoms with van der Waals surface area (Å²) in [5.41, 5.74) is 0.655. The largest absolute Gasteiger partial charge is 0.478 e. The van der Waals surface area contributed by atoms with E-state index in [9.17, 15) is 19.2 Å². The molecule has 0 aliphatic heterocycles. The van der Waals surface area contributed by atoms with Gasteiger partial charge >= 0.3 is 23.9 Å². The van der Waals surface area contributed by atoms with Gasteiger partial charge in [0, 0.05) is 12.2 Å². The molecule has 0 radical (unpaired) electrons. The Morgan fingerprint density at radius 3 is 1.62 bits per heavy atom. The molecule has 0 aromatic heterocycles. The molecule has 0 aliphatic carbocycles. The normalized spacial score (nSPS) is 10.9. The maximum absolute atomic E-state index is 11.4. The van der Waals surface area contributed by atoms with Crippen LogP contribution in [-0.4, -0.2) is 57.1 Å². The number of nitrogens with one attached hydrogen (secondary N) is 1. The third-order valence-corrected chi connectivity index (χ3v) is 2.55. The zero-order valence-corrected chi connectivity index (χ0v) is 15.3. The maximum atomic E-state index is 11.4. The molecule has 0 aromatic rings. The summed E-state index contributed by atoms with van der Waals surface area (Å²) in [6.07, 6.45) is 1.67. The second-order valence-electron chi connectivity index (χ2n) is 5.69. The number of ether oxygens (including phenoxy) is 1. The number of hydroxylamine groups is 1. The fourth-order valence-corrected chi connectivity index (χ4v) is 0.831. The third kappa shape index (κ3) is 15.0. The molecule has 0 aromatic carbocycles. The minimum Gasteiger partial charge on any atom is -0.478 e. The quantitative estimate of drug-likeness (QED) is 0.183. The molecule has 0 spiro atoms. The highest BCUT2D eigenvalue weighted by Gasteiger charge is 2.33. The summed E-state index contributed by atoms with van der Waals surface area (Å²) < 4.78 is 4.56. The molecule has 1 atom stereocenters. The molecule has 10 heteroatoms. The van der Waals surface area contributed by atoms with Crippen molar-refractivity contribution < 1.29 is 44.4 Å². The first kappa shape index (κ1) is 28.3. The first-order chi connectivity index (χ1) is 11.8. The van der Waals surface area contributed by atoms with Crippen molar-refractivity contribution in [2.45, 2.75) is 33.7 Å². The fourth-order valence-electron chi connectivity index (χ4n) is 0.831. The van der Waals surface area contributed by atoms with Crippen molar-refractivity contribution in [3.63, 3.8) is 0 Å². The lowest BCUT2D eigenvalue weighted by molar-refractivity contribution is -0.171. The lowest BCUT2D eigenvalue weighted by Gasteiger charge is -2.21. The Morgan fingerprint density at radius 2 is 1.42 bits per heavy atom. The van der Waals surface area contributed by atoms with E-state index in [1.54, 1.807) is 19.3 Å². The average molecular weight is 377 g/mol. The molecule has 0 bridgehead atoms. The molecule has 0 fully saturated rings. The summed E-state index contributed by atoms with van der Waals surface area (Å²) in [4.78, 5) is 41.4. The minimum atomic E-state index is -1.13. The van der Waals surface area contributed by atoms with Crippen LogP contribution in [0.25, 0.3) is 0 Å². The van der Waals surface area contributed by atoms with Crippen molar-refractivity contribution in [1.29, 1.82) is 0 Å². The van der Waals surface area contributed by atoms with E-state index in [-0.39, 0.29) is 5.92 Å². The molecule has 0 rings (SSSR count). The van der Waals surface area contributed by atoms with Gasteiger partial charge in [0.25, 0.3) is 0 Å². The number of aliphatic carboxylic acids is 2. The summed E-state index contributed by atoms with van der Waals surface area (Å²) in [6.45, 7) is 11.8. The zero-order chi connectivity index (χ0) is 21.5. The van der Waals surface area contributed by atoms with Crippen molar-refractivity contribution >= 4 is 23.9 Å². The third-order valence-electron chi connectivity index (χ3n) is 2.55. The van der Waals surface area contributed by atoms with Gasteiger partial charge in [0.1, 0.15) is 6.04 Å². The number of carbonyl (C=O) groups is 4. The molecule has 0 saturated heterocycles. The highest BCUT2D eigenvalue weighted by atomic mass is 16.6. The van der Waals surface area contributed by atoms with Crippen LogP contribution < -0.4 is 5.48 Å². The maximum Gasteiger partial charge on any atom is 0.333 e. The van der Waals surface area contributed by atoms with Gasteiger partial charge in [-0.05, 0) is 19.8 Å². The smallest absolute Gasteiger partial charge is 0.333 e. The van der Waals surface area contributed by atoms with E-state index in [0.29, 0.717) is 0 Å². The topological polar surface area (TPSA) is 170 Å². The van der Waals surface area contributed by atoms with Crippen molar-refractivity contribution in [3.05, 3.63) is 25.3 Å². The van der Waals surface area contributed by atoms with E-state index in [1.807, 2.05) is 0 Å². The highest BCUT2D eigenvalue weighted by molar-refractivity contribution is 5.91. The number of hydrogen-bond donors (Lipinski definition) is 5. The van der Waals surface area contributed by atoms with E-state index in [2.05, 4.69) is 17.9 Å². The van der Waals surface area contributed by atoms with E-state index in [1.165, 1.54) is 13.8 Å². The van der Waals surface area contributed by atoms with Crippen LogP contribution in [0.2, 0.25) is 0 Å². The number of carbonyl (C=O) groups excluding carboxylic acids is 2. The van der Waals surface area contributed by atoms with Crippen molar-refractivity contribution in [1.82, 2.24) is 5.48 Å². The van der Waals surface area contributed by atoms with Crippen LogP contribution >= 0.6 is 0 Å². The Labute approximate surface area is 151 Å². The summed E-state index contributed by atoms with van der Waals surface area (Å²) in [5.74, 6) is -3.86. The lowest BCUT2D eigenvalue weighted by atomic mass is 9.95. The van der Waals surface area contributed by atoms with E-state index < -0.39 is 41.9 Å². The molecule has 0 unspecified atom stereocenters. The van der Waals surface area contributed by atoms with Crippen LogP contribution in [-0.2, 0) is 23.9 Å². The van der Waals surface area contributed by atoms with Gasteiger partial charge in [0.15, 0.2) is 0 Å². The predicted molar refractivity (Wildman–Crippen MR) is 91.2 cm³/mol. The van der Waals surface area contributed by atoms with Gasteiger partial charge in [-0.1, -0.05) is 27.0 Å². The monoisotopic (exact) mass is 377 g/mol. The van der Waals surface area contributed by atoms with E-state index in [4.69, 9.17) is 20.5 Å². The van der Waals surface area contributed by atoms with Gasteiger partial charge in [-0.25, -0.2) is 14.4 Å². The fraction of sp³-hybridized carbons (Fsp3) is 0.500. The number of aliphatic hydroxyl groups is 1. The molecule has 0 amide bonds. The minimum absolute atomic E-state index is 0.220. The number of aliphatic hydroxyl groups excluding tert-OH is 1. The van der Waals surface area contributed by atoms with Crippen LogP contribution in [0.15, 0.2) is 25.3 Å². The molecule has 150 valence electrons. The van der Waals surface area contributed by atoms with Crippen LogP contribution in [0.4, 0.5) is 0 Å². The molecule has 26 heavy (non-hydrogen) atoms. The first-order valence-electron chi connectivity index (χ1n) is 7.27. The Kier molecular flexibility index (Phi) is 16.0. The molecular weight excluding hydrogens is 350 g/mol. The van der Waals surface area contributed by atoms with Crippen LogP contribution in [0, 0.1) is 11.3 Å². The summed E-state index contributed by atoms with van der Waals surface area (Å²) in [7, 11) is 0. The van der Waals surface area contributed by atoms with E-state index in [0.717, 1.165) is 12.2 Å². The van der Waals surface area contributed by atoms with Gasteiger partial charge in [-0.2, -0.15) is 5.48 Å². The molecule has 10 nitrogen and oxygen atoms in total. The van der Waals surface area contributed by atoms with Crippen LogP contribution in [0.3, 0.4) is 0 Å². The van der Waals surface area contributed by atoms with Crippen LogP contribution in [0.1, 0.15) is 27.7 Å². The zero-order valence-electron chi connectivity index (χ0n) is 15.3. The number of hydrogen-bond acceptors (Lipinski definition) is 8. The number of rotatable bonds is 7. The Hall–Kier alpha value is -2.56. The van der Waals surface area contributed by atoms with Crippen molar-refractivity contribution in [3.8, 4) is 0 Å². The molecule has 5 N–H and O–H groups in total. The van der Waals surface area contributed by atoms with Gasteiger partial charge in [0.2, 0.25) is 0 Å². The summed E-state index contributed by atoms with van der Waals surface area (Å²) in [5, 5.41) is 32.8. The van der Waals surface area contributed by atoms with Crippen molar-refractivity contribution in [2.24, 2.45) is 11.3 Å². The molecule has 0 heterocycles. The first-order valence-corrected chi connectivity index (χ1v) is 7.27. The van der Waals surface area contributed by atoms with Gasteiger partial charge in [0.05, 0.1) is 12.0 Å². The lowest BCUT2D eigenvalue weighted by Crippen LogP contribution is -2.43. The SMILES string of the molecule is C=CC(=O)O.C=CC(=O)O.CC(C)[C@H](NO)C(=O)OC(=O)C(C)(C)CO. The van der Waals surface area contributed by atoms with Crippen LogP contribution in [0.5, 0.6) is 0 Å². The number of esters is 2. The summed E-state index contributed by atoms with van der Waals surface area (Å²) in [6, 6.07) is -0.960. The van der Waals surface area contributed by atoms with Gasteiger partial charge in [-0.3, -0.25) is 4.79 Å². The van der Waals surface area contributed by atoms with Gasteiger partial charge in [-0.15, -0.1) is 0 Å². The Bertz CT molecular complexity index is 480. The average Bonchev–Trinajstić information content (AvgIpc) is 2.55. The number of carboxylic acid groups (broad SMARTS) is 2. The standard InChI is InChI=1S/C10H19NO5.2C3H4O2/c1-6(2)7(11-15)8(13)16-9(14)10(3,4)5-12;2*1-2-3(4)5/h6-7,11-12,15H,5H2,1-4H3;2*2H,1H2,(H,4,5)/t7-;;/m0../s1. The second-order valence-corrected chi connectivity index (χ2v) is 5.69. The molecule has 0 saturated carbocycles. The Morgan fingerprint density at radius 1 is 1.08 bits per heavy atom. The van der Waals surface area contributed by atoms with E-state index >= 15 is 0 Å². The number of carboxylic acids is 2. The van der Waals surface area contributed by atoms with Crippen molar-refractivity contribution in [2.75, 3.05) is 6.61 Å². The second kappa shape index (κ2) is 14.8. The summed E-state index contributed by atoms with van der Waals surface area (Å²) >= 11 is 0. The Balaban J connectivity index is -0.000000433.